The van der Waals surface area contributed by atoms with Crippen molar-refractivity contribution in [2.75, 3.05) is 0 Å². The molecule has 0 amide bonds. The van der Waals surface area contributed by atoms with Crippen LogP contribution in [-0.4, -0.2) is 23.6 Å². The van der Waals surface area contributed by atoms with E-state index < -0.39 is 17.0 Å². The molecule has 3 aliphatic carbocycles. The van der Waals surface area contributed by atoms with Gasteiger partial charge in [-0.2, -0.15) is 0 Å². The van der Waals surface area contributed by atoms with Crippen LogP contribution in [0.4, 0.5) is 0 Å². The topological polar surface area (TPSA) is 60.4 Å². The summed E-state index contributed by atoms with van der Waals surface area (Å²) in [6.07, 6.45) is 8.01. The summed E-state index contributed by atoms with van der Waals surface area (Å²) in [7, 11) is 0. The molecular formula is C26H26O4. The molecule has 0 aliphatic heterocycles. The number of benzene rings is 1. The minimum absolute atomic E-state index is 0.000166. The van der Waals surface area contributed by atoms with E-state index in [1.807, 2.05) is 64.1 Å². The van der Waals surface area contributed by atoms with Crippen molar-refractivity contribution in [1.82, 2.24) is 0 Å². The Labute approximate surface area is 177 Å². The van der Waals surface area contributed by atoms with Crippen LogP contribution in [0, 0.1) is 17.3 Å². The van der Waals surface area contributed by atoms with Crippen LogP contribution in [0.5, 0.6) is 0 Å². The molecule has 0 bridgehead atoms. The largest absolute Gasteiger partial charge is 0.458 e. The maximum Gasteiger partial charge on any atom is 0.338 e. The predicted octanol–water partition coefficient (Wildman–Crippen LogP) is 4.79. The van der Waals surface area contributed by atoms with Crippen molar-refractivity contribution in [2.24, 2.45) is 17.3 Å². The number of fused-ring (bicyclic) bond motifs is 2. The summed E-state index contributed by atoms with van der Waals surface area (Å²) in [6, 6.07) is 8.95. The molecule has 0 heterocycles. The molecular weight excluding hydrogens is 376 g/mol. The molecule has 154 valence electrons. The normalized spacial score (nSPS) is 24.8. The molecule has 0 saturated carbocycles. The fraction of sp³-hybridized carbons (Fsp3) is 0.346. The minimum Gasteiger partial charge on any atom is -0.458 e. The molecule has 0 aromatic heterocycles. The fourth-order valence-corrected chi connectivity index (χ4v) is 4.59. The van der Waals surface area contributed by atoms with E-state index in [2.05, 4.69) is 6.08 Å². The molecule has 4 rings (SSSR count). The average molecular weight is 402 g/mol. The summed E-state index contributed by atoms with van der Waals surface area (Å²) in [5.74, 6) is -1.29. The monoisotopic (exact) mass is 402 g/mol. The van der Waals surface area contributed by atoms with Crippen LogP contribution in [0.1, 0.15) is 44.5 Å². The summed E-state index contributed by atoms with van der Waals surface area (Å²) >= 11 is 0. The van der Waals surface area contributed by atoms with Gasteiger partial charge in [-0.05, 0) is 35.3 Å². The molecule has 30 heavy (non-hydrogen) atoms. The van der Waals surface area contributed by atoms with E-state index in [-0.39, 0.29) is 23.9 Å². The van der Waals surface area contributed by atoms with Gasteiger partial charge in [0.25, 0.3) is 0 Å². The van der Waals surface area contributed by atoms with Gasteiger partial charge in [-0.3, -0.25) is 9.59 Å². The highest BCUT2D eigenvalue weighted by Gasteiger charge is 2.47. The number of hydrogen-bond acceptors (Lipinski definition) is 4. The fourth-order valence-electron chi connectivity index (χ4n) is 4.59. The van der Waals surface area contributed by atoms with Crippen molar-refractivity contribution in [3.05, 3.63) is 82.5 Å². The van der Waals surface area contributed by atoms with Crippen LogP contribution in [0.25, 0.3) is 0 Å². The third kappa shape index (κ3) is 3.20. The zero-order valence-electron chi connectivity index (χ0n) is 17.8. The molecule has 4 nitrogen and oxygen atoms in total. The van der Waals surface area contributed by atoms with E-state index in [1.165, 1.54) is 0 Å². The molecule has 0 spiro atoms. The van der Waals surface area contributed by atoms with Crippen molar-refractivity contribution < 1.29 is 19.1 Å². The summed E-state index contributed by atoms with van der Waals surface area (Å²) in [5, 5.41) is 0. The van der Waals surface area contributed by atoms with E-state index in [0.717, 1.165) is 11.1 Å². The Morgan fingerprint density at radius 2 is 1.80 bits per heavy atom. The Balaban J connectivity index is 1.67. The molecule has 4 heteroatoms. The molecule has 0 N–H and O–H groups in total. The van der Waals surface area contributed by atoms with Crippen molar-refractivity contribution >= 4 is 17.5 Å². The second kappa shape index (κ2) is 7.35. The molecule has 0 saturated heterocycles. The Morgan fingerprint density at radius 3 is 2.47 bits per heavy atom. The number of allylic oxidation sites excluding steroid dienone is 7. The van der Waals surface area contributed by atoms with Crippen LogP contribution in [0.15, 0.2) is 76.9 Å². The zero-order chi connectivity index (χ0) is 21.6. The number of hydrogen-bond donors (Lipinski definition) is 0. The van der Waals surface area contributed by atoms with Gasteiger partial charge in [-0.15, -0.1) is 0 Å². The number of ketones is 2. The molecule has 0 fully saturated rings. The van der Waals surface area contributed by atoms with Crippen LogP contribution in [0.2, 0.25) is 0 Å². The van der Waals surface area contributed by atoms with E-state index >= 15 is 0 Å². The van der Waals surface area contributed by atoms with E-state index in [1.54, 1.807) is 12.1 Å². The SMILES string of the molecule is CC(C)C1=CC2=C(C(=O)C1=O)C1=CCC(OC(=O)c3ccccc3)C(C)(C)C1C=C2. The van der Waals surface area contributed by atoms with E-state index in [9.17, 15) is 14.4 Å². The van der Waals surface area contributed by atoms with Crippen molar-refractivity contribution in [1.29, 1.82) is 0 Å². The van der Waals surface area contributed by atoms with Gasteiger partial charge >= 0.3 is 5.97 Å². The number of ether oxygens (including phenoxy) is 1. The first kappa shape index (κ1) is 20.3. The summed E-state index contributed by atoms with van der Waals surface area (Å²) in [6.45, 7) is 7.95. The highest BCUT2D eigenvalue weighted by Crippen LogP contribution is 2.49. The molecule has 3 aliphatic rings. The Kier molecular flexibility index (Phi) is 4.97. The van der Waals surface area contributed by atoms with Crippen LogP contribution < -0.4 is 0 Å². The van der Waals surface area contributed by atoms with Gasteiger partial charge in [-0.1, -0.05) is 64.1 Å². The van der Waals surface area contributed by atoms with Gasteiger partial charge in [0.05, 0.1) is 5.56 Å². The molecule has 1 aromatic rings. The van der Waals surface area contributed by atoms with Crippen LogP contribution in [0.3, 0.4) is 0 Å². The lowest BCUT2D eigenvalue weighted by Crippen LogP contribution is -2.44. The molecule has 2 atom stereocenters. The lowest BCUT2D eigenvalue weighted by molar-refractivity contribution is -0.132. The van der Waals surface area contributed by atoms with Gasteiger partial charge in [0, 0.05) is 28.9 Å². The van der Waals surface area contributed by atoms with Gasteiger partial charge in [0.1, 0.15) is 6.10 Å². The predicted molar refractivity (Wildman–Crippen MR) is 115 cm³/mol. The first-order chi connectivity index (χ1) is 14.2. The maximum atomic E-state index is 13.0. The van der Waals surface area contributed by atoms with Crippen molar-refractivity contribution in [3.8, 4) is 0 Å². The summed E-state index contributed by atoms with van der Waals surface area (Å²) in [4.78, 5) is 38.2. The Hall–Kier alpha value is -3.01. The first-order valence-corrected chi connectivity index (χ1v) is 10.4. The number of rotatable bonds is 3. The van der Waals surface area contributed by atoms with E-state index in [0.29, 0.717) is 23.1 Å². The Morgan fingerprint density at radius 1 is 1.10 bits per heavy atom. The second-order valence-corrected chi connectivity index (χ2v) is 9.06. The molecule has 1 aromatic carbocycles. The van der Waals surface area contributed by atoms with Gasteiger partial charge in [0.15, 0.2) is 0 Å². The molecule has 2 unspecified atom stereocenters. The maximum absolute atomic E-state index is 13.0. The number of carbonyl (C=O) groups is 3. The summed E-state index contributed by atoms with van der Waals surface area (Å²) in [5.41, 5.74) is 2.86. The van der Waals surface area contributed by atoms with Crippen molar-refractivity contribution in [2.45, 2.75) is 40.2 Å². The average Bonchev–Trinajstić information content (AvgIpc) is 2.72. The highest BCUT2D eigenvalue weighted by molar-refractivity contribution is 6.51. The number of Topliss-reactive ketones (excluding diaryl/α,β-unsaturated/α-hetero) is 2. The lowest BCUT2D eigenvalue weighted by atomic mass is 9.61. The van der Waals surface area contributed by atoms with E-state index in [4.69, 9.17) is 4.74 Å². The smallest absolute Gasteiger partial charge is 0.338 e. The number of carbonyl (C=O) groups excluding carboxylic acids is 3. The number of esters is 1. The van der Waals surface area contributed by atoms with Crippen LogP contribution in [-0.2, 0) is 14.3 Å². The standard InChI is InChI=1S/C26H26O4/c1-15(2)19-14-17-10-12-20-18(22(17)24(28)23(19)27)11-13-21(26(20,3)4)30-25(29)16-8-6-5-7-9-16/h5-12,14-15,20-21H,13H2,1-4H3. The third-order valence-electron chi connectivity index (χ3n) is 6.45. The quantitative estimate of drug-likeness (QED) is 0.415. The second-order valence-electron chi connectivity index (χ2n) is 9.06. The van der Waals surface area contributed by atoms with Gasteiger partial charge in [-0.25, -0.2) is 4.79 Å². The Bertz CT molecular complexity index is 1050. The van der Waals surface area contributed by atoms with Crippen molar-refractivity contribution in [3.63, 3.8) is 0 Å². The van der Waals surface area contributed by atoms with Gasteiger partial charge in [0.2, 0.25) is 11.6 Å². The highest BCUT2D eigenvalue weighted by atomic mass is 16.5. The lowest BCUT2D eigenvalue weighted by Gasteiger charge is -2.45. The zero-order valence-corrected chi connectivity index (χ0v) is 17.8. The van der Waals surface area contributed by atoms with Gasteiger partial charge < -0.3 is 4.74 Å². The van der Waals surface area contributed by atoms with Crippen LogP contribution >= 0.6 is 0 Å². The molecule has 0 radical (unpaired) electrons. The summed E-state index contributed by atoms with van der Waals surface area (Å²) < 4.78 is 5.88. The first-order valence-electron chi connectivity index (χ1n) is 10.4. The third-order valence-corrected chi connectivity index (χ3v) is 6.45. The minimum atomic E-state index is -0.424.